The van der Waals surface area contributed by atoms with Gasteiger partial charge in [0.15, 0.2) is 0 Å². The zero-order valence-corrected chi connectivity index (χ0v) is 12.3. The SMILES string of the molecule is CCn1nnc2cc(-c3noc(-c4cccc(F)c4)n3)ccc21. The number of rotatable bonds is 3. The van der Waals surface area contributed by atoms with Crippen molar-refractivity contribution in [2.75, 3.05) is 0 Å². The van der Waals surface area contributed by atoms with E-state index in [1.165, 1.54) is 12.1 Å². The molecular formula is C16H12FN5O. The van der Waals surface area contributed by atoms with Crippen LogP contribution in [0.5, 0.6) is 0 Å². The number of hydrogen-bond acceptors (Lipinski definition) is 5. The Labute approximate surface area is 130 Å². The number of nitrogens with zero attached hydrogens (tertiary/aromatic N) is 5. The molecule has 114 valence electrons. The normalized spacial score (nSPS) is 11.2. The Morgan fingerprint density at radius 2 is 2.04 bits per heavy atom. The van der Waals surface area contributed by atoms with Crippen LogP contribution < -0.4 is 0 Å². The molecule has 0 bridgehead atoms. The fourth-order valence-corrected chi connectivity index (χ4v) is 2.42. The van der Waals surface area contributed by atoms with E-state index in [1.54, 1.807) is 12.1 Å². The average Bonchev–Trinajstić information content (AvgIpc) is 3.21. The van der Waals surface area contributed by atoms with E-state index in [9.17, 15) is 4.39 Å². The molecule has 0 unspecified atom stereocenters. The second kappa shape index (κ2) is 5.28. The van der Waals surface area contributed by atoms with Crippen molar-refractivity contribution in [3.63, 3.8) is 0 Å². The standard InChI is InChI=1S/C16H12FN5O/c1-2-22-14-7-6-10(9-13(14)19-21-22)15-18-16(23-20-15)11-4-3-5-12(17)8-11/h3-9H,2H2,1H3. The van der Waals surface area contributed by atoms with Crippen molar-refractivity contribution in [3.8, 4) is 22.8 Å². The first-order chi connectivity index (χ1) is 11.2. The first kappa shape index (κ1) is 13.6. The molecule has 0 aliphatic rings. The van der Waals surface area contributed by atoms with E-state index in [2.05, 4.69) is 20.5 Å². The van der Waals surface area contributed by atoms with Crippen LogP contribution in [0, 0.1) is 5.82 Å². The maximum absolute atomic E-state index is 13.3. The molecule has 4 rings (SSSR count). The van der Waals surface area contributed by atoms with Gasteiger partial charge >= 0.3 is 0 Å². The maximum atomic E-state index is 13.3. The maximum Gasteiger partial charge on any atom is 0.258 e. The summed E-state index contributed by atoms with van der Waals surface area (Å²) in [6, 6.07) is 11.7. The molecule has 2 aromatic carbocycles. The van der Waals surface area contributed by atoms with Crippen molar-refractivity contribution < 1.29 is 8.91 Å². The third kappa shape index (κ3) is 2.36. The minimum atomic E-state index is -0.347. The molecule has 0 atom stereocenters. The van der Waals surface area contributed by atoms with Gasteiger partial charge in [-0.3, -0.25) is 0 Å². The Bertz CT molecular complexity index is 991. The zero-order valence-electron chi connectivity index (χ0n) is 12.3. The molecule has 6 nitrogen and oxygen atoms in total. The molecule has 0 spiro atoms. The third-order valence-corrected chi connectivity index (χ3v) is 3.57. The summed E-state index contributed by atoms with van der Waals surface area (Å²) < 4.78 is 20.3. The van der Waals surface area contributed by atoms with E-state index in [0.717, 1.165) is 23.1 Å². The van der Waals surface area contributed by atoms with Gasteiger partial charge in [-0.1, -0.05) is 16.4 Å². The van der Waals surface area contributed by atoms with E-state index < -0.39 is 0 Å². The quantitative estimate of drug-likeness (QED) is 0.580. The number of fused-ring (bicyclic) bond motifs is 1. The third-order valence-electron chi connectivity index (χ3n) is 3.57. The summed E-state index contributed by atoms with van der Waals surface area (Å²) in [5.74, 6) is 0.355. The summed E-state index contributed by atoms with van der Waals surface area (Å²) in [5.41, 5.74) is 3.03. The molecular weight excluding hydrogens is 297 g/mol. The molecule has 0 saturated carbocycles. The molecule has 7 heteroatoms. The second-order valence-electron chi connectivity index (χ2n) is 5.04. The van der Waals surface area contributed by atoms with Gasteiger partial charge in [-0.15, -0.1) is 5.10 Å². The van der Waals surface area contributed by atoms with Crippen LogP contribution in [0.1, 0.15) is 6.92 Å². The highest BCUT2D eigenvalue weighted by Gasteiger charge is 2.13. The van der Waals surface area contributed by atoms with Crippen molar-refractivity contribution in [2.45, 2.75) is 13.5 Å². The van der Waals surface area contributed by atoms with Gasteiger partial charge in [0.25, 0.3) is 5.89 Å². The molecule has 23 heavy (non-hydrogen) atoms. The topological polar surface area (TPSA) is 69.6 Å². The van der Waals surface area contributed by atoms with Gasteiger partial charge in [0.05, 0.1) is 5.52 Å². The van der Waals surface area contributed by atoms with Crippen molar-refractivity contribution in [2.24, 2.45) is 0 Å². The Morgan fingerprint density at radius 3 is 2.87 bits per heavy atom. The first-order valence-electron chi connectivity index (χ1n) is 7.18. The summed E-state index contributed by atoms with van der Waals surface area (Å²) in [6.07, 6.45) is 0. The lowest BCUT2D eigenvalue weighted by Gasteiger charge is -1.97. The van der Waals surface area contributed by atoms with Crippen molar-refractivity contribution in [1.29, 1.82) is 0 Å². The van der Waals surface area contributed by atoms with Gasteiger partial charge in [-0.25, -0.2) is 9.07 Å². The van der Waals surface area contributed by atoms with Crippen molar-refractivity contribution in [1.82, 2.24) is 25.1 Å². The second-order valence-corrected chi connectivity index (χ2v) is 5.04. The summed E-state index contributed by atoms with van der Waals surface area (Å²) in [5, 5.41) is 12.2. The molecule has 0 aliphatic heterocycles. The van der Waals surface area contributed by atoms with Crippen LogP contribution in [-0.4, -0.2) is 25.1 Å². The lowest BCUT2D eigenvalue weighted by Crippen LogP contribution is -1.95. The number of benzene rings is 2. The van der Waals surface area contributed by atoms with Gasteiger partial charge in [0.1, 0.15) is 11.3 Å². The summed E-state index contributed by atoms with van der Waals surface area (Å²) in [7, 11) is 0. The molecule has 0 radical (unpaired) electrons. The minimum Gasteiger partial charge on any atom is -0.334 e. The van der Waals surface area contributed by atoms with E-state index >= 15 is 0 Å². The highest BCUT2D eigenvalue weighted by Crippen LogP contribution is 2.24. The van der Waals surface area contributed by atoms with Crippen LogP contribution in [0.3, 0.4) is 0 Å². The fourth-order valence-electron chi connectivity index (χ4n) is 2.42. The minimum absolute atomic E-state index is 0.275. The predicted molar refractivity (Wildman–Crippen MR) is 81.9 cm³/mol. The molecule has 4 aromatic rings. The lowest BCUT2D eigenvalue weighted by atomic mass is 10.2. The number of hydrogen-bond donors (Lipinski definition) is 0. The predicted octanol–water partition coefficient (Wildman–Crippen LogP) is 3.31. The molecule has 0 saturated heterocycles. The van der Waals surface area contributed by atoms with Gasteiger partial charge in [0.2, 0.25) is 5.82 Å². The van der Waals surface area contributed by atoms with Crippen molar-refractivity contribution >= 4 is 11.0 Å². The van der Waals surface area contributed by atoms with Crippen LogP contribution in [0.4, 0.5) is 4.39 Å². The smallest absolute Gasteiger partial charge is 0.258 e. The first-order valence-corrected chi connectivity index (χ1v) is 7.18. The Balaban J connectivity index is 1.74. The Kier molecular flexibility index (Phi) is 3.11. The van der Waals surface area contributed by atoms with E-state index in [1.807, 2.05) is 29.8 Å². The summed E-state index contributed by atoms with van der Waals surface area (Å²) in [6.45, 7) is 2.76. The largest absolute Gasteiger partial charge is 0.334 e. The molecule has 2 aromatic heterocycles. The Morgan fingerprint density at radius 1 is 1.13 bits per heavy atom. The van der Waals surface area contributed by atoms with Crippen LogP contribution in [0.25, 0.3) is 33.9 Å². The van der Waals surface area contributed by atoms with Gasteiger partial charge < -0.3 is 4.52 Å². The van der Waals surface area contributed by atoms with E-state index in [-0.39, 0.29) is 11.7 Å². The zero-order chi connectivity index (χ0) is 15.8. The van der Waals surface area contributed by atoms with Gasteiger partial charge in [-0.2, -0.15) is 4.98 Å². The van der Waals surface area contributed by atoms with Gasteiger partial charge in [0, 0.05) is 17.7 Å². The summed E-state index contributed by atoms with van der Waals surface area (Å²) in [4.78, 5) is 4.33. The highest BCUT2D eigenvalue weighted by molar-refractivity contribution is 5.80. The molecule has 2 heterocycles. The highest BCUT2D eigenvalue weighted by atomic mass is 19.1. The number of halogens is 1. The van der Waals surface area contributed by atoms with E-state index in [4.69, 9.17) is 4.52 Å². The fraction of sp³-hybridized carbons (Fsp3) is 0.125. The molecule has 0 aliphatic carbocycles. The summed E-state index contributed by atoms with van der Waals surface area (Å²) >= 11 is 0. The molecule has 0 fully saturated rings. The molecule has 0 N–H and O–H groups in total. The average molecular weight is 309 g/mol. The molecule has 0 amide bonds. The van der Waals surface area contributed by atoms with Crippen molar-refractivity contribution in [3.05, 3.63) is 48.3 Å². The van der Waals surface area contributed by atoms with Crippen LogP contribution in [0.15, 0.2) is 47.0 Å². The number of aryl methyl sites for hydroxylation is 1. The number of aromatic nitrogens is 5. The van der Waals surface area contributed by atoms with Gasteiger partial charge in [-0.05, 0) is 43.3 Å². The van der Waals surface area contributed by atoms with Crippen LogP contribution >= 0.6 is 0 Å². The van der Waals surface area contributed by atoms with Crippen LogP contribution in [-0.2, 0) is 6.54 Å². The monoisotopic (exact) mass is 309 g/mol. The lowest BCUT2D eigenvalue weighted by molar-refractivity contribution is 0.432. The van der Waals surface area contributed by atoms with E-state index in [0.29, 0.717) is 11.4 Å². The van der Waals surface area contributed by atoms with Crippen LogP contribution in [0.2, 0.25) is 0 Å². The Hall–Kier alpha value is -3.09.